The molecule has 2 aromatic carbocycles. The van der Waals surface area contributed by atoms with E-state index in [0.29, 0.717) is 11.7 Å². The van der Waals surface area contributed by atoms with E-state index in [1.165, 1.54) is 44.8 Å². The number of rotatable bonds is 5. The van der Waals surface area contributed by atoms with Crippen LogP contribution in [-0.4, -0.2) is 18.1 Å². The van der Waals surface area contributed by atoms with Crippen LogP contribution in [0.4, 0.5) is 5.69 Å². The number of phenols is 1. The van der Waals surface area contributed by atoms with Crippen LogP contribution in [0, 0.1) is 23.7 Å². The van der Waals surface area contributed by atoms with Crippen molar-refractivity contribution < 1.29 is 14.6 Å². The first-order valence-corrected chi connectivity index (χ1v) is 10.8. The number of hydrogen-bond acceptors (Lipinski definition) is 3. The van der Waals surface area contributed by atoms with Crippen molar-refractivity contribution in [2.24, 2.45) is 23.7 Å². The summed E-state index contributed by atoms with van der Waals surface area (Å²) in [5.41, 5.74) is 3.10. The molecular weight excluding hydrogens is 362 g/mol. The summed E-state index contributed by atoms with van der Waals surface area (Å²) in [5, 5.41) is 12.8. The second-order valence-corrected chi connectivity index (χ2v) is 9.31. The third-order valence-electron chi connectivity index (χ3n) is 7.39. The topological polar surface area (TPSA) is 58.6 Å². The van der Waals surface area contributed by atoms with Gasteiger partial charge in [-0.2, -0.15) is 0 Å². The van der Waals surface area contributed by atoms with Gasteiger partial charge < -0.3 is 15.2 Å². The molecule has 0 unspecified atom stereocenters. The SMILES string of the molecule is COc1cc(CC(=O)Nc2cccc(C3C4CC5CC(C4)CC3C5)c2)ccc1O. The van der Waals surface area contributed by atoms with Gasteiger partial charge in [0.25, 0.3) is 0 Å². The largest absolute Gasteiger partial charge is 0.504 e. The quantitative estimate of drug-likeness (QED) is 0.744. The summed E-state index contributed by atoms with van der Waals surface area (Å²) >= 11 is 0. The van der Waals surface area contributed by atoms with Crippen LogP contribution in [0.1, 0.15) is 49.1 Å². The summed E-state index contributed by atoms with van der Waals surface area (Å²) in [6.07, 6.45) is 7.32. The molecule has 152 valence electrons. The molecule has 2 aromatic rings. The first-order valence-electron chi connectivity index (χ1n) is 10.8. The van der Waals surface area contributed by atoms with E-state index in [1.807, 2.05) is 6.07 Å². The predicted molar refractivity (Wildman–Crippen MR) is 113 cm³/mol. The number of hydrogen-bond donors (Lipinski definition) is 2. The highest BCUT2D eigenvalue weighted by Gasteiger charge is 2.48. The lowest BCUT2D eigenvalue weighted by atomic mass is 9.51. The lowest BCUT2D eigenvalue weighted by Gasteiger charge is -2.54. The fourth-order valence-corrected chi connectivity index (χ4v) is 6.52. The van der Waals surface area contributed by atoms with Gasteiger partial charge in [-0.15, -0.1) is 0 Å². The molecule has 1 amide bonds. The number of nitrogens with one attached hydrogen (secondary N) is 1. The molecule has 4 nitrogen and oxygen atoms in total. The Balaban J connectivity index is 1.28. The van der Waals surface area contributed by atoms with Crippen LogP contribution in [0.2, 0.25) is 0 Å². The van der Waals surface area contributed by atoms with E-state index in [-0.39, 0.29) is 18.1 Å². The Morgan fingerprint density at radius 2 is 1.76 bits per heavy atom. The lowest BCUT2D eigenvalue weighted by molar-refractivity contribution is -0.115. The number of anilines is 1. The first-order chi connectivity index (χ1) is 14.1. The monoisotopic (exact) mass is 391 g/mol. The summed E-state index contributed by atoms with van der Waals surface area (Å²) in [5.74, 6) is 4.70. The molecule has 0 heterocycles. The number of benzene rings is 2. The van der Waals surface area contributed by atoms with Gasteiger partial charge in [0.15, 0.2) is 11.5 Å². The normalized spacial score (nSPS) is 29.6. The Morgan fingerprint density at radius 1 is 1.03 bits per heavy atom. The van der Waals surface area contributed by atoms with Gasteiger partial charge in [0, 0.05) is 5.69 Å². The zero-order valence-corrected chi connectivity index (χ0v) is 16.9. The summed E-state index contributed by atoms with van der Waals surface area (Å²) in [6.45, 7) is 0. The van der Waals surface area contributed by atoms with Crippen LogP contribution in [-0.2, 0) is 11.2 Å². The highest BCUT2D eigenvalue weighted by molar-refractivity contribution is 5.92. The van der Waals surface area contributed by atoms with Crippen molar-refractivity contribution in [3.05, 3.63) is 53.6 Å². The van der Waals surface area contributed by atoms with Gasteiger partial charge in [0.05, 0.1) is 13.5 Å². The number of amides is 1. The molecular formula is C25H29NO3. The highest BCUT2D eigenvalue weighted by Crippen LogP contribution is 2.59. The Labute approximate surface area is 172 Å². The molecule has 0 atom stereocenters. The van der Waals surface area contributed by atoms with Gasteiger partial charge in [0.2, 0.25) is 5.91 Å². The number of aromatic hydroxyl groups is 1. The van der Waals surface area contributed by atoms with E-state index in [4.69, 9.17) is 4.74 Å². The Hall–Kier alpha value is -2.49. The van der Waals surface area contributed by atoms with E-state index < -0.39 is 0 Å². The smallest absolute Gasteiger partial charge is 0.228 e. The maximum atomic E-state index is 12.6. The third kappa shape index (κ3) is 3.61. The van der Waals surface area contributed by atoms with Crippen LogP contribution in [0.25, 0.3) is 0 Å². The summed E-state index contributed by atoms with van der Waals surface area (Å²) in [4.78, 5) is 12.6. The van der Waals surface area contributed by atoms with Gasteiger partial charge in [-0.1, -0.05) is 18.2 Å². The molecule has 4 aliphatic rings. The summed E-state index contributed by atoms with van der Waals surface area (Å²) in [7, 11) is 1.51. The average Bonchev–Trinajstić information content (AvgIpc) is 2.69. The van der Waals surface area contributed by atoms with E-state index in [9.17, 15) is 9.90 Å². The molecule has 0 spiro atoms. The molecule has 0 aliphatic heterocycles. The van der Waals surface area contributed by atoms with Crippen LogP contribution in [0.3, 0.4) is 0 Å². The summed E-state index contributed by atoms with van der Waals surface area (Å²) < 4.78 is 5.13. The molecule has 29 heavy (non-hydrogen) atoms. The molecule has 4 aliphatic carbocycles. The fraction of sp³-hybridized carbons (Fsp3) is 0.480. The molecule has 4 heteroatoms. The van der Waals surface area contributed by atoms with E-state index in [1.54, 1.807) is 18.2 Å². The van der Waals surface area contributed by atoms with Crippen molar-refractivity contribution >= 4 is 11.6 Å². The van der Waals surface area contributed by atoms with Gasteiger partial charge in [-0.05, 0) is 97.1 Å². The van der Waals surface area contributed by atoms with E-state index in [0.717, 1.165) is 34.9 Å². The molecule has 0 aromatic heterocycles. The van der Waals surface area contributed by atoms with Gasteiger partial charge in [-0.3, -0.25) is 4.79 Å². The van der Waals surface area contributed by atoms with Crippen molar-refractivity contribution in [3.8, 4) is 11.5 Å². The van der Waals surface area contributed by atoms with Crippen molar-refractivity contribution in [2.75, 3.05) is 12.4 Å². The second-order valence-electron chi connectivity index (χ2n) is 9.31. The zero-order valence-electron chi connectivity index (χ0n) is 16.9. The number of methoxy groups -OCH3 is 1. The number of phenolic OH excluding ortho intramolecular Hbond substituents is 1. The van der Waals surface area contributed by atoms with Gasteiger partial charge in [-0.25, -0.2) is 0 Å². The second kappa shape index (κ2) is 7.40. The van der Waals surface area contributed by atoms with Crippen molar-refractivity contribution in [1.29, 1.82) is 0 Å². The van der Waals surface area contributed by atoms with Crippen LogP contribution in [0.5, 0.6) is 11.5 Å². The van der Waals surface area contributed by atoms with E-state index in [2.05, 4.69) is 23.5 Å². The van der Waals surface area contributed by atoms with Crippen molar-refractivity contribution in [1.82, 2.24) is 0 Å². The van der Waals surface area contributed by atoms with Gasteiger partial charge in [0.1, 0.15) is 0 Å². The molecule has 4 saturated carbocycles. The minimum atomic E-state index is -0.0556. The zero-order chi connectivity index (χ0) is 20.0. The van der Waals surface area contributed by atoms with E-state index >= 15 is 0 Å². The molecule has 4 bridgehead atoms. The number of carbonyl (C=O) groups excluding carboxylic acids is 1. The maximum Gasteiger partial charge on any atom is 0.228 e. The molecule has 2 N–H and O–H groups in total. The molecule has 0 radical (unpaired) electrons. The van der Waals surface area contributed by atoms with Crippen LogP contribution >= 0.6 is 0 Å². The molecule has 4 fully saturated rings. The molecule has 0 saturated heterocycles. The highest BCUT2D eigenvalue weighted by atomic mass is 16.5. The minimum absolute atomic E-state index is 0.0556. The van der Waals surface area contributed by atoms with Crippen LogP contribution in [0.15, 0.2) is 42.5 Å². The van der Waals surface area contributed by atoms with Gasteiger partial charge >= 0.3 is 0 Å². The average molecular weight is 392 g/mol. The predicted octanol–water partition coefficient (Wildman–Crippen LogP) is 5.12. The number of ether oxygens (including phenoxy) is 1. The van der Waals surface area contributed by atoms with Crippen molar-refractivity contribution in [3.63, 3.8) is 0 Å². The summed E-state index contributed by atoms with van der Waals surface area (Å²) in [6, 6.07) is 13.5. The fourth-order valence-electron chi connectivity index (χ4n) is 6.52. The van der Waals surface area contributed by atoms with Crippen molar-refractivity contribution in [2.45, 2.75) is 44.4 Å². The first kappa shape index (κ1) is 18.5. The molecule has 6 rings (SSSR count). The number of carbonyl (C=O) groups is 1. The lowest BCUT2D eigenvalue weighted by Crippen LogP contribution is -2.43. The third-order valence-corrected chi connectivity index (χ3v) is 7.39. The Morgan fingerprint density at radius 3 is 2.45 bits per heavy atom. The Kier molecular flexibility index (Phi) is 4.73. The standard InChI is InChI=1S/C25H29NO3/c1-29-23-12-15(5-6-22(23)27)13-24(28)26-21-4-2-3-18(14-21)25-19-8-16-7-17(10-19)11-20(25)9-16/h2-6,12,14,16-17,19-20,25,27H,7-11,13H2,1H3,(H,26,28). The Bertz CT molecular complexity index is 894. The van der Waals surface area contributed by atoms with Crippen LogP contribution < -0.4 is 10.1 Å². The maximum absolute atomic E-state index is 12.6. The minimum Gasteiger partial charge on any atom is -0.504 e.